The van der Waals surface area contributed by atoms with E-state index < -0.39 is 0 Å². The SMILES string of the molecule is Cc1cccc(C)c1-c1cc(C)c(N2CN(C3CCCCC3)c3ccccc32)c(C)n1. The molecule has 0 amide bonds. The maximum Gasteiger partial charge on any atom is 0.0956 e. The van der Waals surface area contributed by atoms with Crippen molar-refractivity contribution in [2.24, 2.45) is 0 Å². The number of anilines is 3. The first-order valence-electron chi connectivity index (χ1n) is 11.7. The van der Waals surface area contributed by atoms with Crippen LogP contribution in [0.3, 0.4) is 0 Å². The van der Waals surface area contributed by atoms with E-state index in [9.17, 15) is 0 Å². The van der Waals surface area contributed by atoms with Crippen molar-refractivity contribution in [3.63, 3.8) is 0 Å². The molecule has 0 atom stereocenters. The molecule has 31 heavy (non-hydrogen) atoms. The molecule has 160 valence electrons. The molecule has 2 heterocycles. The van der Waals surface area contributed by atoms with E-state index in [1.807, 2.05) is 0 Å². The van der Waals surface area contributed by atoms with Gasteiger partial charge in [-0.25, -0.2) is 0 Å². The van der Waals surface area contributed by atoms with E-state index in [-0.39, 0.29) is 0 Å². The minimum absolute atomic E-state index is 0.655. The standard InChI is InChI=1S/C28H33N3/c1-19-11-10-12-20(2)27(19)24-17-21(3)28(22(4)29-24)31-18-30(23-13-6-5-7-14-23)25-15-8-9-16-26(25)31/h8-12,15-17,23H,5-7,13-14,18H2,1-4H3. The van der Waals surface area contributed by atoms with E-state index >= 15 is 0 Å². The number of hydrogen-bond donors (Lipinski definition) is 0. The molecular formula is C28H33N3. The number of aryl methyl sites for hydroxylation is 4. The number of benzene rings is 2. The third-order valence-corrected chi connectivity index (χ3v) is 7.16. The first-order valence-corrected chi connectivity index (χ1v) is 11.7. The van der Waals surface area contributed by atoms with Gasteiger partial charge in [-0.05, 0) is 75.4 Å². The lowest BCUT2D eigenvalue weighted by atomic mass is 9.94. The van der Waals surface area contributed by atoms with Crippen molar-refractivity contribution in [3.8, 4) is 11.3 Å². The number of nitrogens with zero attached hydrogens (tertiary/aromatic N) is 3. The molecule has 0 spiro atoms. The lowest BCUT2D eigenvalue weighted by Crippen LogP contribution is -2.38. The van der Waals surface area contributed by atoms with Gasteiger partial charge in [-0.15, -0.1) is 0 Å². The van der Waals surface area contributed by atoms with Crippen molar-refractivity contribution in [1.29, 1.82) is 0 Å². The lowest BCUT2D eigenvalue weighted by molar-refractivity contribution is 0.420. The van der Waals surface area contributed by atoms with Gasteiger partial charge in [0.15, 0.2) is 0 Å². The molecule has 3 aromatic rings. The Hall–Kier alpha value is -2.81. The topological polar surface area (TPSA) is 19.4 Å². The molecule has 0 N–H and O–H groups in total. The molecule has 0 radical (unpaired) electrons. The van der Waals surface area contributed by atoms with E-state index in [4.69, 9.17) is 4.98 Å². The summed E-state index contributed by atoms with van der Waals surface area (Å²) in [5, 5.41) is 0. The first kappa shape index (κ1) is 20.1. The predicted octanol–water partition coefficient (Wildman–Crippen LogP) is 7.23. The van der Waals surface area contributed by atoms with Gasteiger partial charge in [0.25, 0.3) is 0 Å². The molecule has 0 unspecified atom stereocenters. The van der Waals surface area contributed by atoms with Crippen molar-refractivity contribution in [1.82, 2.24) is 4.98 Å². The molecule has 1 aromatic heterocycles. The summed E-state index contributed by atoms with van der Waals surface area (Å²) >= 11 is 0. The van der Waals surface area contributed by atoms with E-state index in [1.54, 1.807) is 0 Å². The fraction of sp³-hybridized carbons (Fsp3) is 0.393. The summed E-state index contributed by atoms with van der Waals surface area (Å²) in [4.78, 5) is 10.3. The number of hydrogen-bond acceptors (Lipinski definition) is 3. The van der Waals surface area contributed by atoms with Crippen molar-refractivity contribution >= 4 is 17.1 Å². The van der Waals surface area contributed by atoms with Crippen molar-refractivity contribution < 1.29 is 0 Å². The van der Waals surface area contributed by atoms with Crippen LogP contribution in [-0.2, 0) is 0 Å². The highest BCUT2D eigenvalue weighted by Gasteiger charge is 2.33. The Morgan fingerprint density at radius 3 is 2.13 bits per heavy atom. The second kappa shape index (κ2) is 8.03. The Kier molecular flexibility index (Phi) is 5.21. The average Bonchev–Trinajstić information content (AvgIpc) is 3.13. The molecule has 2 aliphatic rings. The molecule has 3 heteroatoms. The van der Waals surface area contributed by atoms with Gasteiger partial charge in [0.05, 0.1) is 35.1 Å². The minimum atomic E-state index is 0.655. The van der Waals surface area contributed by atoms with Gasteiger partial charge in [0.1, 0.15) is 0 Å². The molecule has 1 fully saturated rings. The second-order valence-electron chi connectivity index (χ2n) is 9.35. The zero-order chi connectivity index (χ0) is 21.5. The minimum Gasteiger partial charge on any atom is -0.349 e. The highest BCUT2D eigenvalue weighted by atomic mass is 15.4. The predicted molar refractivity (Wildman–Crippen MR) is 131 cm³/mol. The van der Waals surface area contributed by atoms with Gasteiger partial charge in [0.2, 0.25) is 0 Å². The largest absolute Gasteiger partial charge is 0.349 e. The van der Waals surface area contributed by atoms with Crippen molar-refractivity contribution in [2.75, 3.05) is 16.5 Å². The summed E-state index contributed by atoms with van der Waals surface area (Å²) < 4.78 is 0. The Morgan fingerprint density at radius 2 is 1.45 bits per heavy atom. The molecule has 0 bridgehead atoms. The Labute approximate surface area is 186 Å². The van der Waals surface area contributed by atoms with E-state index in [2.05, 4.69) is 86.0 Å². The molecule has 2 aromatic carbocycles. The number of rotatable bonds is 3. The number of fused-ring (bicyclic) bond motifs is 1. The molecular weight excluding hydrogens is 378 g/mol. The Morgan fingerprint density at radius 1 is 0.774 bits per heavy atom. The van der Waals surface area contributed by atoms with Crippen LogP contribution in [0.15, 0.2) is 48.5 Å². The number of pyridine rings is 1. The maximum absolute atomic E-state index is 5.12. The quantitative estimate of drug-likeness (QED) is 0.453. The lowest BCUT2D eigenvalue weighted by Gasteiger charge is -2.33. The van der Waals surface area contributed by atoms with Crippen LogP contribution in [0.1, 0.15) is 54.5 Å². The van der Waals surface area contributed by atoms with Crippen LogP contribution in [0.2, 0.25) is 0 Å². The van der Waals surface area contributed by atoms with Crippen LogP contribution < -0.4 is 9.80 Å². The van der Waals surface area contributed by atoms with Crippen molar-refractivity contribution in [3.05, 3.63) is 70.9 Å². The fourth-order valence-corrected chi connectivity index (χ4v) is 5.72. The molecule has 3 nitrogen and oxygen atoms in total. The monoisotopic (exact) mass is 411 g/mol. The van der Waals surface area contributed by atoms with Crippen LogP contribution in [-0.4, -0.2) is 17.7 Å². The first-order chi connectivity index (χ1) is 15.0. The molecule has 0 saturated heterocycles. The molecule has 5 rings (SSSR count). The van der Waals surface area contributed by atoms with Crippen LogP contribution >= 0.6 is 0 Å². The fourth-order valence-electron chi connectivity index (χ4n) is 5.72. The Bertz CT molecular complexity index is 1070. The van der Waals surface area contributed by atoms with E-state index in [0.717, 1.165) is 18.1 Å². The van der Waals surface area contributed by atoms with Gasteiger partial charge in [0, 0.05) is 11.6 Å². The van der Waals surface area contributed by atoms with E-state index in [1.165, 1.54) is 71.4 Å². The number of para-hydroxylation sites is 2. The second-order valence-corrected chi connectivity index (χ2v) is 9.35. The third kappa shape index (κ3) is 3.50. The zero-order valence-corrected chi connectivity index (χ0v) is 19.3. The molecule has 1 aliphatic heterocycles. The number of aromatic nitrogens is 1. The Balaban J connectivity index is 1.56. The smallest absolute Gasteiger partial charge is 0.0956 e. The summed E-state index contributed by atoms with van der Waals surface area (Å²) in [7, 11) is 0. The maximum atomic E-state index is 5.12. The van der Waals surface area contributed by atoms with Gasteiger partial charge in [-0.3, -0.25) is 4.98 Å². The summed E-state index contributed by atoms with van der Waals surface area (Å²) in [6, 6.07) is 18.3. The van der Waals surface area contributed by atoms with Gasteiger partial charge < -0.3 is 9.80 Å². The van der Waals surface area contributed by atoms with Crippen molar-refractivity contribution in [2.45, 2.75) is 65.8 Å². The van der Waals surface area contributed by atoms with Gasteiger partial charge >= 0.3 is 0 Å². The van der Waals surface area contributed by atoms with Crippen LogP contribution in [0.5, 0.6) is 0 Å². The molecule has 1 aliphatic carbocycles. The highest BCUT2D eigenvalue weighted by Crippen LogP contribution is 2.45. The summed E-state index contributed by atoms with van der Waals surface area (Å²) in [5.74, 6) is 0. The summed E-state index contributed by atoms with van der Waals surface area (Å²) in [6.45, 7) is 9.71. The van der Waals surface area contributed by atoms with Crippen LogP contribution in [0.4, 0.5) is 17.1 Å². The van der Waals surface area contributed by atoms with Gasteiger partial charge in [-0.2, -0.15) is 0 Å². The highest BCUT2D eigenvalue weighted by molar-refractivity contribution is 5.85. The van der Waals surface area contributed by atoms with Crippen LogP contribution in [0, 0.1) is 27.7 Å². The van der Waals surface area contributed by atoms with Crippen LogP contribution in [0.25, 0.3) is 11.3 Å². The van der Waals surface area contributed by atoms with E-state index in [0.29, 0.717) is 6.04 Å². The summed E-state index contributed by atoms with van der Waals surface area (Å²) in [6.07, 6.45) is 6.71. The van der Waals surface area contributed by atoms with Gasteiger partial charge in [-0.1, -0.05) is 49.6 Å². The zero-order valence-electron chi connectivity index (χ0n) is 19.3. The molecule has 1 saturated carbocycles. The average molecular weight is 412 g/mol. The normalized spacial score (nSPS) is 16.6. The summed E-state index contributed by atoms with van der Waals surface area (Å²) in [5.41, 5.74) is 11.3. The third-order valence-electron chi connectivity index (χ3n) is 7.16.